The van der Waals surface area contributed by atoms with E-state index in [-0.39, 0.29) is 16.9 Å². The van der Waals surface area contributed by atoms with Crippen LogP contribution >= 0.6 is 12.6 Å². The molecule has 2 N–H and O–H groups in total. The number of benzene rings is 2. The summed E-state index contributed by atoms with van der Waals surface area (Å²) in [5.41, 5.74) is 4.10. The van der Waals surface area contributed by atoms with Crippen molar-refractivity contribution >= 4 is 24.3 Å². The van der Waals surface area contributed by atoms with Gasteiger partial charge in [-0.25, -0.2) is 0 Å². The number of rotatable bonds is 12. The first kappa shape index (κ1) is 24.2. The van der Waals surface area contributed by atoms with Gasteiger partial charge in [0.2, 0.25) is 5.91 Å². The quantitative estimate of drug-likeness (QED) is 0.273. The van der Waals surface area contributed by atoms with E-state index in [9.17, 15) is 9.59 Å². The summed E-state index contributed by atoms with van der Waals surface area (Å²) < 4.78 is 0. The van der Waals surface area contributed by atoms with Crippen molar-refractivity contribution in [1.82, 2.24) is 10.6 Å². The van der Waals surface area contributed by atoms with Gasteiger partial charge in [-0.3, -0.25) is 9.59 Å². The molecule has 1 amide bonds. The smallest absolute Gasteiger partial charge is 0.224 e. The zero-order valence-corrected chi connectivity index (χ0v) is 19.2. The van der Waals surface area contributed by atoms with Gasteiger partial charge in [-0.2, -0.15) is 12.6 Å². The largest absolute Gasteiger partial charge is 0.355 e. The van der Waals surface area contributed by atoms with Gasteiger partial charge in [-0.15, -0.1) is 0 Å². The highest BCUT2D eigenvalue weighted by molar-refractivity contribution is 7.81. The van der Waals surface area contributed by atoms with Crippen LogP contribution < -0.4 is 10.6 Å². The maximum atomic E-state index is 12.2. The number of amides is 1. The van der Waals surface area contributed by atoms with Gasteiger partial charge < -0.3 is 10.6 Å². The number of Topliss-reactive ketones (excluding diaryl/α,β-unsaturated/α-hetero) is 1. The Morgan fingerprint density at radius 2 is 1.40 bits per heavy atom. The molecule has 5 heteroatoms. The van der Waals surface area contributed by atoms with E-state index in [4.69, 9.17) is 0 Å². The molecule has 2 aromatic rings. The third-order valence-electron chi connectivity index (χ3n) is 4.94. The highest BCUT2D eigenvalue weighted by Crippen LogP contribution is 2.10. The van der Waals surface area contributed by atoms with Crippen molar-refractivity contribution in [3.63, 3.8) is 0 Å². The maximum absolute atomic E-state index is 12.2. The van der Waals surface area contributed by atoms with E-state index in [1.54, 1.807) is 6.92 Å². The van der Waals surface area contributed by atoms with Crippen molar-refractivity contribution in [2.75, 3.05) is 13.1 Å². The lowest BCUT2D eigenvalue weighted by molar-refractivity contribution is -0.120. The number of ketones is 1. The van der Waals surface area contributed by atoms with Crippen LogP contribution in [0.25, 0.3) is 0 Å². The SMILES string of the molecule is CC(C)NCCCc1ccc(CC(=O)NCCc2ccc(C(=O)C(C)S)cc2)cc1. The molecule has 162 valence electrons. The van der Waals surface area contributed by atoms with Crippen molar-refractivity contribution in [3.05, 3.63) is 70.8 Å². The summed E-state index contributed by atoms with van der Waals surface area (Å²) in [6.45, 7) is 7.69. The Kier molecular flexibility index (Phi) is 10.1. The standard InChI is InChI=1S/C25H34N2O2S/c1-18(2)26-15-4-5-20-6-8-22(9-7-20)17-24(28)27-16-14-21-10-12-23(13-11-21)25(29)19(3)30/h6-13,18-19,26,30H,4-5,14-17H2,1-3H3,(H,27,28). The minimum atomic E-state index is -0.300. The molecule has 0 heterocycles. The maximum Gasteiger partial charge on any atom is 0.224 e. The van der Waals surface area contributed by atoms with Gasteiger partial charge in [0, 0.05) is 18.2 Å². The summed E-state index contributed by atoms with van der Waals surface area (Å²) in [7, 11) is 0. The normalized spacial score (nSPS) is 12.0. The molecule has 0 saturated carbocycles. The summed E-state index contributed by atoms with van der Waals surface area (Å²) in [6.07, 6.45) is 3.28. The third kappa shape index (κ3) is 8.72. The average Bonchev–Trinajstić information content (AvgIpc) is 2.72. The number of thiol groups is 1. The Hall–Kier alpha value is -2.11. The number of aryl methyl sites for hydroxylation is 1. The first-order valence-electron chi connectivity index (χ1n) is 10.7. The van der Waals surface area contributed by atoms with E-state index in [2.05, 4.69) is 49.2 Å². The van der Waals surface area contributed by atoms with Crippen LogP contribution in [0.4, 0.5) is 0 Å². The molecule has 1 atom stereocenters. The highest BCUT2D eigenvalue weighted by atomic mass is 32.1. The van der Waals surface area contributed by atoms with Crippen molar-refractivity contribution in [2.24, 2.45) is 0 Å². The van der Waals surface area contributed by atoms with Crippen LogP contribution in [-0.4, -0.2) is 36.1 Å². The minimum Gasteiger partial charge on any atom is -0.355 e. The Morgan fingerprint density at radius 1 is 0.833 bits per heavy atom. The Balaban J connectivity index is 1.70. The summed E-state index contributed by atoms with van der Waals surface area (Å²) in [5.74, 6) is 0.0519. The molecular formula is C25H34N2O2S. The molecule has 4 nitrogen and oxygen atoms in total. The molecule has 0 aliphatic rings. The molecule has 0 aliphatic carbocycles. The lowest BCUT2D eigenvalue weighted by Crippen LogP contribution is -2.27. The van der Waals surface area contributed by atoms with Gasteiger partial charge in [0.15, 0.2) is 5.78 Å². The summed E-state index contributed by atoms with van der Waals surface area (Å²) >= 11 is 4.18. The molecule has 0 saturated heterocycles. The second kappa shape index (κ2) is 12.6. The van der Waals surface area contributed by atoms with Crippen LogP contribution in [0.1, 0.15) is 54.2 Å². The fraction of sp³-hybridized carbons (Fsp3) is 0.440. The molecule has 30 heavy (non-hydrogen) atoms. The van der Waals surface area contributed by atoms with E-state index in [1.807, 2.05) is 36.4 Å². The van der Waals surface area contributed by atoms with E-state index >= 15 is 0 Å². The molecule has 1 unspecified atom stereocenters. The van der Waals surface area contributed by atoms with E-state index in [0.717, 1.165) is 36.9 Å². The van der Waals surface area contributed by atoms with Crippen molar-refractivity contribution < 1.29 is 9.59 Å². The molecule has 2 rings (SSSR count). The lowest BCUT2D eigenvalue weighted by atomic mass is 10.0. The second-order valence-corrected chi connectivity index (χ2v) is 8.82. The van der Waals surface area contributed by atoms with Gasteiger partial charge in [0.1, 0.15) is 0 Å². The topological polar surface area (TPSA) is 58.2 Å². The number of hydrogen-bond acceptors (Lipinski definition) is 4. The van der Waals surface area contributed by atoms with Crippen LogP contribution in [0.5, 0.6) is 0 Å². The first-order valence-corrected chi connectivity index (χ1v) is 11.3. The Bertz CT molecular complexity index is 799. The Labute approximate surface area is 186 Å². The van der Waals surface area contributed by atoms with Crippen LogP contribution in [0.15, 0.2) is 48.5 Å². The molecule has 0 radical (unpaired) electrons. The van der Waals surface area contributed by atoms with E-state index in [0.29, 0.717) is 24.6 Å². The van der Waals surface area contributed by atoms with Crippen LogP contribution in [0.3, 0.4) is 0 Å². The molecular weight excluding hydrogens is 392 g/mol. The number of carbonyl (C=O) groups excluding carboxylic acids is 2. The zero-order chi connectivity index (χ0) is 21.9. The first-order chi connectivity index (χ1) is 14.3. The zero-order valence-electron chi connectivity index (χ0n) is 18.3. The average molecular weight is 427 g/mol. The van der Waals surface area contributed by atoms with Crippen LogP contribution in [0, 0.1) is 0 Å². The van der Waals surface area contributed by atoms with Crippen LogP contribution in [0.2, 0.25) is 0 Å². The van der Waals surface area contributed by atoms with Gasteiger partial charge in [0.05, 0.1) is 11.7 Å². The molecule has 0 fully saturated rings. The van der Waals surface area contributed by atoms with Crippen molar-refractivity contribution in [2.45, 2.75) is 57.7 Å². The minimum absolute atomic E-state index is 0.0245. The monoisotopic (exact) mass is 426 g/mol. The Morgan fingerprint density at radius 3 is 2.00 bits per heavy atom. The summed E-state index contributed by atoms with van der Waals surface area (Å²) in [4.78, 5) is 24.1. The summed E-state index contributed by atoms with van der Waals surface area (Å²) in [6, 6.07) is 16.4. The number of hydrogen-bond donors (Lipinski definition) is 3. The van der Waals surface area contributed by atoms with E-state index in [1.165, 1.54) is 5.56 Å². The summed E-state index contributed by atoms with van der Waals surface area (Å²) in [5, 5.41) is 6.10. The van der Waals surface area contributed by atoms with Crippen molar-refractivity contribution in [1.29, 1.82) is 0 Å². The number of nitrogens with one attached hydrogen (secondary N) is 2. The van der Waals surface area contributed by atoms with Gasteiger partial charge >= 0.3 is 0 Å². The highest BCUT2D eigenvalue weighted by Gasteiger charge is 2.10. The fourth-order valence-corrected chi connectivity index (χ4v) is 3.33. The van der Waals surface area contributed by atoms with Crippen LogP contribution in [-0.2, 0) is 24.1 Å². The number of carbonyl (C=O) groups is 2. The fourth-order valence-electron chi connectivity index (χ4n) is 3.18. The molecule has 0 aliphatic heterocycles. The second-order valence-electron chi connectivity index (χ2n) is 8.04. The predicted octanol–water partition coefficient (Wildman–Crippen LogP) is 4.02. The molecule has 2 aromatic carbocycles. The molecule has 0 aromatic heterocycles. The lowest BCUT2D eigenvalue weighted by Gasteiger charge is -2.09. The third-order valence-corrected chi connectivity index (χ3v) is 5.17. The van der Waals surface area contributed by atoms with Crippen molar-refractivity contribution in [3.8, 4) is 0 Å². The predicted molar refractivity (Wildman–Crippen MR) is 128 cm³/mol. The van der Waals surface area contributed by atoms with Gasteiger partial charge in [-0.1, -0.05) is 62.4 Å². The molecule has 0 bridgehead atoms. The van der Waals surface area contributed by atoms with E-state index < -0.39 is 0 Å². The van der Waals surface area contributed by atoms with Gasteiger partial charge in [-0.05, 0) is 49.4 Å². The van der Waals surface area contributed by atoms with Gasteiger partial charge in [0.25, 0.3) is 0 Å². The molecule has 0 spiro atoms.